The van der Waals surface area contributed by atoms with Crippen molar-refractivity contribution in [3.8, 4) is 0 Å². The van der Waals surface area contributed by atoms with Gasteiger partial charge in [0.1, 0.15) is 0 Å². The van der Waals surface area contributed by atoms with Gasteiger partial charge >= 0.3 is 0 Å². The molecule has 1 fully saturated rings. The Morgan fingerprint density at radius 1 is 1.27 bits per heavy atom. The van der Waals surface area contributed by atoms with Crippen molar-refractivity contribution in [3.63, 3.8) is 0 Å². The summed E-state index contributed by atoms with van der Waals surface area (Å²) in [5, 5.41) is 0. The largest absolute Gasteiger partial charge is 0.414 e. The second-order valence-corrected chi connectivity index (χ2v) is 9.99. The fourth-order valence-electron chi connectivity index (χ4n) is 2.69. The maximum absolute atomic E-state index is 6.36. The first-order chi connectivity index (χ1) is 7.05. The molecule has 0 aromatic carbocycles. The van der Waals surface area contributed by atoms with E-state index in [1.807, 2.05) is 0 Å². The van der Waals surface area contributed by atoms with Crippen LogP contribution in [0.3, 0.4) is 0 Å². The van der Waals surface area contributed by atoms with Gasteiger partial charge in [0.25, 0.3) is 0 Å². The molecule has 0 heterocycles. The summed E-state index contributed by atoms with van der Waals surface area (Å²) in [6, 6.07) is 1.33. The molecule has 0 aromatic rings. The van der Waals surface area contributed by atoms with Gasteiger partial charge in [-0.15, -0.1) is 0 Å². The van der Waals surface area contributed by atoms with E-state index < -0.39 is 8.32 Å². The van der Waals surface area contributed by atoms with Crippen LogP contribution in [0.2, 0.25) is 19.1 Å². The van der Waals surface area contributed by atoms with Gasteiger partial charge in [0.2, 0.25) is 0 Å². The van der Waals surface area contributed by atoms with Gasteiger partial charge in [-0.2, -0.15) is 0 Å². The fourth-order valence-corrected chi connectivity index (χ4v) is 5.21. The van der Waals surface area contributed by atoms with E-state index in [0.717, 1.165) is 5.92 Å². The van der Waals surface area contributed by atoms with Gasteiger partial charge in [0, 0.05) is 6.10 Å². The Hall–Kier alpha value is 0.177. The summed E-state index contributed by atoms with van der Waals surface area (Å²) in [7, 11) is -1.35. The molecule has 1 saturated carbocycles. The molecular weight excluding hydrogens is 200 g/mol. The van der Waals surface area contributed by atoms with Crippen LogP contribution in [-0.2, 0) is 4.43 Å². The summed E-state index contributed by atoms with van der Waals surface area (Å²) in [6.07, 6.45) is 8.82. The highest BCUT2D eigenvalue weighted by molar-refractivity contribution is 6.71. The molecule has 0 saturated heterocycles. The molecular formula is C13H28OSi. The minimum atomic E-state index is -1.35. The van der Waals surface area contributed by atoms with E-state index in [-0.39, 0.29) is 0 Å². The molecule has 1 nitrogen and oxygen atoms in total. The molecule has 2 heteroatoms. The quantitative estimate of drug-likeness (QED) is 0.604. The van der Waals surface area contributed by atoms with Gasteiger partial charge in [0.15, 0.2) is 8.32 Å². The Balaban J connectivity index is 2.30. The van der Waals surface area contributed by atoms with Crippen LogP contribution in [0.1, 0.15) is 52.4 Å². The summed E-state index contributed by atoms with van der Waals surface area (Å²) in [6.45, 7) is 9.34. The Labute approximate surface area is 96.7 Å². The third-order valence-corrected chi connectivity index (χ3v) is 6.27. The molecule has 1 atom stereocenters. The number of hydrogen-bond acceptors (Lipinski definition) is 1. The molecule has 1 aliphatic carbocycles. The van der Waals surface area contributed by atoms with Crippen molar-refractivity contribution in [2.24, 2.45) is 5.92 Å². The van der Waals surface area contributed by atoms with Crippen LogP contribution < -0.4 is 0 Å². The standard InChI is InChI=1S/C13H28OSi/c1-5-6-11-15(3,4)14-12(2)13-9-7-8-10-13/h12-13H,5-11H2,1-4H3. The van der Waals surface area contributed by atoms with Crippen molar-refractivity contribution < 1.29 is 4.43 Å². The van der Waals surface area contributed by atoms with Gasteiger partial charge in [-0.25, -0.2) is 0 Å². The molecule has 0 bridgehead atoms. The van der Waals surface area contributed by atoms with Gasteiger partial charge in [-0.05, 0) is 44.8 Å². The Morgan fingerprint density at radius 3 is 2.40 bits per heavy atom. The smallest absolute Gasteiger partial charge is 0.187 e. The topological polar surface area (TPSA) is 9.23 Å². The van der Waals surface area contributed by atoms with Crippen LogP contribution in [0.4, 0.5) is 0 Å². The molecule has 0 amide bonds. The van der Waals surface area contributed by atoms with Gasteiger partial charge in [-0.3, -0.25) is 0 Å². The lowest BCUT2D eigenvalue weighted by atomic mass is 10.0. The first-order valence-corrected chi connectivity index (χ1v) is 9.84. The lowest BCUT2D eigenvalue weighted by molar-refractivity contribution is 0.144. The lowest BCUT2D eigenvalue weighted by Crippen LogP contribution is -2.36. The van der Waals surface area contributed by atoms with Crippen molar-refractivity contribution in [1.29, 1.82) is 0 Å². The lowest BCUT2D eigenvalue weighted by Gasteiger charge is -2.30. The zero-order chi connectivity index (χ0) is 11.3. The maximum atomic E-state index is 6.36. The molecule has 0 spiro atoms. The summed E-state index contributed by atoms with van der Waals surface area (Å²) >= 11 is 0. The van der Waals surface area contributed by atoms with E-state index in [4.69, 9.17) is 4.43 Å². The summed E-state index contributed by atoms with van der Waals surface area (Å²) in [5.74, 6) is 0.860. The highest BCUT2D eigenvalue weighted by atomic mass is 28.4. The molecule has 1 aliphatic rings. The van der Waals surface area contributed by atoms with Crippen LogP contribution in [0.25, 0.3) is 0 Å². The SMILES string of the molecule is CCCC[Si](C)(C)OC(C)C1CCCC1. The minimum absolute atomic E-state index is 0.519. The molecule has 1 rings (SSSR count). The highest BCUT2D eigenvalue weighted by Crippen LogP contribution is 2.31. The van der Waals surface area contributed by atoms with Crippen LogP contribution in [0, 0.1) is 5.92 Å². The molecule has 15 heavy (non-hydrogen) atoms. The second-order valence-electron chi connectivity index (χ2n) is 5.73. The van der Waals surface area contributed by atoms with Crippen molar-refractivity contribution >= 4 is 8.32 Å². The fraction of sp³-hybridized carbons (Fsp3) is 1.00. The molecule has 0 radical (unpaired) electrons. The van der Waals surface area contributed by atoms with Crippen molar-refractivity contribution in [3.05, 3.63) is 0 Å². The highest BCUT2D eigenvalue weighted by Gasteiger charge is 2.29. The second kappa shape index (κ2) is 6.05. The van der Waals surface area contributed by atoms with Crippen molar-refractivity contribution in [1.82, 2.24) is 0 Å². The molecule has 1 unspecified atom stereocenters. The van der Waals surface area contributed by atoms with E-state index in [0.29, 0.717) is 6.10 Å². The normalized spacial score (nSPS) is 20.8. The maximum Gasteiger partial charge on any atom is 0.187 e. The van der Waals surface area contributed by atoms with Crippen LogP contribution in [0.15, 0.2) is 0 Å². The first kappa shape index (κ1) is 13.2. The van der Waals surface area contributed by atoms with Gasteiger partial charge < -0.3 is 4.43 Å². The minimum Gasteiger partial charge on any atom is -0.414 e. The summed E-state index contributed by atoms with van der Waals surface area (Å²) in [4.78, 5) is 0. The van der Waals surface area contributed by atoms with E-state index in [2.05, 4.69) is 26.9 Å². The Bertz CT molecular complexity index is 173. The third-order valence-electron chi connectivity index (χ3n) is 3.70. The third kappa shape index (κ3) is 4.69. The summed E-state index contributed by atoms with van der Waals surface area (Å²) in [5.41, 5.74) is 0. The van der Waals surface area contributed by atoms with Gasteiger partial charge in [0.05, 0.1) is 0 Å². The number of unbranched alkanes of at least 4 members (excludes halogenated alkanes) is 1. The van der Waals surface area contributed by atoms with Crippen LogP contribution >= 0.6 is 0 Å². The van der Waals surface area contributed by atoms with E-state index in [1.165, 1.54) is 44.6 Å². The zero-order valence-corrected chi connectivity index (χ0v) is 12.0. The Kier molecular flexibility index (Phi) is 5.34. The van der Waals surface area contributed by atoms with E-state index in [9.17, 15) is 0 Å². The van der Waals surface area contributed by atoms with Crippen molar-refractivity contribution in [2.45, 2.75) is 77.6 Å². The van der Waals surface area contributed by atoms with Crippen LogP contribution in [0.5, 0.6) is 0 Å². The average molecular weight is 228 g/mol. The van der Waals surface area contributed by atoms with Gasteiger partial charge in [-0.1, -0.05) is 32.6 Å². The number of hydrogen-bond donors (Lipinski definition) is 0. The first-order valence-electron chi connectivity index (χ1n) is 6.73. The predicted octanol–water partition coefficient (Wildman–Crippen LogP) is 4.59. The molecule has 0 aliphatic heterocycles. The Morgan fingerprint density at radius 2 is 1.87 bits per heavy atom. The predicted molar refractivity (Wildman–Crippen MR) is 69.7 cm³/mol. The summed E-state index contributed by atoms with van der Waals surface area (Å²) < 4.78 is 6.36. The molecule has 0 aromatic heterocycles. The molecule has 90 valence electrons. The van der Waals surface area contributed by atoms with Crippen LogP contribution in [-0.4, -0.2) is 14.4 Å². The van der Waals surface area contributed by atoms with E-state index in [1.54, 1.807) is 0 Å². The number of rotatable bonds is 6. The zero-order valence-electron chi connectivity index (χ0n) is 11.0. The molecule has 0 N–H and O–H groups in total. The van der Waals surface area contributed by atoms with E-state index >= 15 is 0 Å². The monoisotopic (exact) mass is 228 g/mol. The van der Waals surface area contributed by atoms with Crippen molar-refractivity contribution in [2.75, 3.05) is 0 Å². The average Bonchev–Trinajstić information content (AvgIpc) is 2.67.